The molecule has 0 spiro atoms. The standard InChI is InChI=1S/C10H16N4O2S/c1-4-14-8-10(12-9(14)2)17(15,16)13(3)7-5-6-11/h8H,4-5,7H2,1-3H3. The molecule has 7 heteroatoms. The molecule has 0 aromatic carbocycles. The van der Waals surface area contributed by atoms with Gasteiger partial charge in [0.2, 0.25) is 0 Å². The van der Waals surface area contributed by atoms with Crippen molar-refractivity contribution in [1.82, 2.24) is 13.9 Å². The van der Waals surface area contributed by atoms with Crippen LogP contribution < -0.4 is 0 Å². The molecule has 0 aliphatic rings. The Hall–Kier alpha value is -1.39. The quantitative estimate of drug-likeness (QED) is 0.778. The molecule has 0 fully saturated rings. The van der Waals surface area contributed by atoms with Gasteiger partial charge in [-0.15, -0.1) is 0 Å². The number of nitrogens with zero attached hydrogens (tertiary/aromatic N) is 4. The molecular weight excluding hydrogens is 240 g/mol. The first kappa shape index (κ1) is 13.7. The number of imidazole rings is 1. The number of sulfonamides is 1. The van der Waals surface area contributed by atoms with E-state index in [0.717, 1.165) is 4.31 Å². The summed E-state index contributed by atoms with van der Waals surface area (Å²) < 4.78 is 27.0. The maximum absolute atomic E-state index is 12.1. The second-order valence-corrected chi connectivity index (χ2v) is 5.64. The van der Waals surface area contributed by atoms with E-state index < -0.39 is 10.0 Å². The van der Waals surface area contributed by atoms with Gasteiger partial charge >= 0.3 is 0 Å². The normalized spacial score (nSPS) is 11.7. The van der Waals surface area contributed by atoms with Crippen LogP contribution in [0.5, 0.6) is 0 Å². The third-order valence-electron chi connectivity index (χ3n) is 2.51. The Kier molecular flexibility index (Phi) is 4.26. The first-order valence-electron chi connectivity index (χ1n) is 5.30. The van der Waals surface area contributed by atoms with Crippen LogP contribution in [0.2, 0.25) is 0 Å². The second kappa shape index (κ2) is 5.29. The van der Waals surface area contributed by atoms with E-state index in [0.29, 0.717) is 12.4 Å². The maximum atomic E-state index is 12.1. The van der Waals surface area contributed by atoms with Gasteiger partial charge in [0.15, 0.2) is 5.03 Å². The first-order chi connectivity index (χ1) is 7.93. The summed E-state index contributed by atoms with van der Waals surface area (Å²) >= 11 is 0. The molecule has 1 aromatic rings. The molecular formula is C10H16N4O2S. The molecule has 0 unspecified atom stereocenters. The molecule has 17 heavy (non-hydrogen) atoms. The third-order valence-corrected chi connectivity index (χ3v) is 4.24. The lowest BCUT2D eigenvalue weighted by molar-refractivity contribution is 0.473. The summed E-state index contributed by atoms with van der Waals surface area (Å²) in [5, 5.41) is 8.49. The van der Waals surface area contributed by atoms with Crippen LogP contribution in [-0.2, 0) is 16.6 Å². The van der Waals surface area contributed by atoms with Crippen LogP contribution in [0, 0.1) is 18.3 Å². The zero-order valence-corrected chi connectivity index (χ0v) is 11.0. The molecule has 0 N–H and O–H groups in total. The lowest BCUT2D eigenvalue weighted by Gasteiger charge is -2.13. The lowest BCUT2D eigenvalue weighted by Crippen LogP contribution is -2.28. The molecule has 0 radical (unpaired) electrons. The highest BCUT2D eigenvalue weighted by Gasteiger charge is 2.23. The molecule has 1 heterocycles. The average molecular weight is 256 g/mol. The van der Waals surface area contributed by atoms with Crippen molar-refractivity contribution in [3.63, 3.8) is 0 Å². The van der Waals surface area contributed by atoms with Crippen molar-refractivity contribution in [3.8, 4) is 6.07 Å². The van der Waals surface area contributed by atoms with E-state index in [2.05, 4.69) is 4.98 Å². The minimum Gasteiger partial charge on any atom is -0.334 e. The van der Waals surface area contributed by atoms with E-state index in [1.165, 1.54) is 13.2 Å². The minimum absolute atomic E-state index is 0.0392. The summed E-state index contributed by atoms with van der Waals surface area (Å²) in [4.78, 5) is 4.03. The predicted molar refractivity (Wildman–Crippen MR) is 62.7 cm³/mol. The Morgan fingerprint density at radius 2 is 2.24 bits per heavy atom. The predicted octanol–water partition coefficient (Wildman–Crippen LogP) is 0.746. The monoisotopic (exact) mass is 256 g/mol. The van der Waals surface area contributed by atoms with Gasteiger partial charge in [-0.3, -0.25) is 0 Å². The number of hydrogen-bond donors (Lipinski definition) is 0. The Morgan fingerprint density at radius 1 is 1.59 bits per heavy atom. The smallest absolute Gasteiger partial charge is 0.261 e. The highest BCUT2D eigenvalue weighted by molar-refractivity contribution is 7.89. The lowest BCUT2D eigenvalue weighted by atomic mass is 10.5. The number of aromatic nitrogens is 2. The second-order valence-electron chi connectivity index (χ2n) is 3.65. The van der Waals surface area contributed by atoms with Gasteiger partial charge in [-0.1, -0.05) is 0 Å². The summed E-state index contributed by atoms with van der Waals surface area (Å²) in [5.74, 6) is 0.666. The van der Waals surface area contributed by atoms with Gasteiger partial charge in [0.1, 0.15) is 5.82 Å². The Bertz CT molecular complexity index is 527. The van der Waals surface area contributed by atoms with Crippen LogP contribution in [0.3, 0.4) is 0 Å². The third kappa shape index (κ3) is 2.84. The molecule has 6 nitrogen and oxygen atoms in total. The van der Waals surface area contributed by atoms with E-state index in [9.17, 15) is 8.42 Å². The van der Waals surface area contributed by atoms with Gasteiger partial charge < -0.3 is 4.57 Å². The largest absolute Gasteiger partial charge is 0.334 e. The zero-order valence-electron chi connectivity index (χ0n) is 10.2. The zero-order chi connectivity index (χ0) is 13.1. The molecule has 0 bridgehead atoms. The Labute approximate surface area is 102 Å². The highest BCUT2D eigenvalue weighted by atomic mass is 32.2. The molecule has 0 saturated heterocycles. The van der Waals surface area contributed by atoms with Crippen molar-refractivity contribution in [2.45, 2.75) is 31.8 Å². The van der Waals surface area contributed by atoms with Gasteiger partial charge in [0.05, 0.1) is 6.07 Å². The highest BCUT2D eigenvalue weighted by Crippen LogP contribution is 2.14. The molecule has 1 rings (SSSR count). The van der Waals surface area contributed by atoms with Crippen molar-refractivity contribution in [3.05, 3.63) is 12.0 Å². The Balaban J connectivity index is 3.01. The van der Waals surface area contributed by atoms with Crippen LogP contribution in [0.25, 0.3) is 0 Å². The van der Waals surface area contributed by atoms with E-state index in [1.54, 1.807) is 11.5 Å². The van der Waals surface area contributed by atoms with Crippen LogP contribution in [0.1, 0.15) is 19.2 Å². The number of nitriles is 1. The van der Waals surface area contributed by atoms with Gasteiger partial charge in [-0.05, 0) is 13.8 Å². The van der Waals surface area contributed by atoms with Crippen LogP contribution in [0.15, 0.2) is 11.2 Å². The molecule has 0 atom stereocenters. The molecule has 1 aromatic heterocycles. The Morgan fingerprint density at radius 3 is 2.71 bits per heavy atom. The van der Waals surface area contributed by atoms with Crippen molar-refractivity contribution in [2.24, 2.45) is 0 Å². The fourth-order valence-corrected chi connectivity index (χ4v) is 2.57. The minimum atomic E-state index is -3.57. The molecule has 0 aliphatic carbocycles. The van der Waals surface area contributed by atoms with Crippen molar-refractivity contribution < 1.29 is 8.42 Å². The van der Waals surface area contributed by atoms with Crippen LogP contribution in [-0.4, -0.2) is 35.9 Å². The number of aryl methyl sites for hydroxylation is 2. The number of rotatable bonds is 5. The van der Waals surface area contributed by atoms with Crippen LogP contribution in [0.4, 0.5) is 0 Å². The first-order valence-corrected chi connectivity index (χ1v) is 6.74. The van der Waals surface area contributed by atoms with Crippen molar-refractivity contribution in [2.75, 3.05) is 13.6 Å². The van der Waals surface area contributed by atoms with Gasteiger partial charge in [0.25, 0.3) is 10.0 Å². The fourth-order valence-electron chi connectivity index (χ4n) is 1.41. The van der Waals surface area contributed by atoms with Crippen molar-refractivity contribution in [1.29, 1.82) is 5.26 Å². The van der Waals surface area contributed by atoms with Gasteiger partial charge in [-0.25, -0.2) is 13.4 Å². The summed E-state index contributed by atoms with van der Waals surface area (Å²) in [6, 6.07) is 1.92. The maximum Gasteiger partial charge on any atom is 0.261 e. The molecule has 0 aliphatic heterocycles. The summed E-state index contributed by atoms with van der Waals surface area (Å²) in [6.45, 7) is 4.54. The summed E-state index contributed by atoms with van der Waals surface area (Å²) in [6.07, 6.45) is 1.69. The number of hydrogen-bond acceptors (Lipinski definition) is 4. The average Bonchev–Trinajstić information content (AvgIpc) is 2.67. The van der Waals surface area contributed by atoms with E-state index in [-0.39, 0.29) is 18.0 Å². The van der Waals surface area contributed by atoms with Crippen LogP contribution >= 0.6 is 0 Å². The fraction of sp³-hybridized carbons (Fsp3) is 0.600. The van der Waals surface area contributed by atoms with Gasteiger partial charge in [-0.2, -0.15) is 9.57 Å². The summed E-state index contributed by atoms with van der Waals surface area (Å²) in [7, 11) is -2.12. The molecule has 94 valence electrons. The van der Waals surface area contributed by atoms with E-state index in [1.807, 2.05) is 13.0 Å². The van der Waals surface area contributed by atoms with E-state index in [4.69, 9.17) is 5.26 Å². The topological polar surface area (TPSA) is 79.0 Å². The molecule has 0 saturated carbocycles. The molecule has 0 amide bonds. The SMILES string of the molecule is CCn1cc(S(=O)(=O)N(C)CCC#N)nc1C. The van der Waals surface area contributed by atoms with Crippen molar-refractivity contribution >= 4 is 10.0 Å². The van der Waals surface area contributed by atoms with Gasteiger partial charge in [0, 0.05) is 32.8 Å². The van der Waals surface area contributed by atoms with E-state index >= 15 is 0 Å². The summed E-state index contributed by atoms with van der Waals surface area (Å²) in [5.41, 5.74) is 0.